The van der Waals surface area contributed by atoms with Crippen LogP contribution in [0.2, 0.25) is 0 Å². The highest BCUT2D eigenvalue weighted by molar-refractivity contribution is 7.91. The van der Waals surface area contributed by atoms with Gasteiger partial charge in [-0.25, -0.2) is 22.8 Å². The Morgan fingerprint density at radius 1 is 0.818 bits per heavy atom. The number of nitrogens with zero attached hydrogens (tertiary/aromatic N) is 2. The number of hydrogen-bond donors (Lipinski definition) is 0. The Labute approximate surface area is 195 Å². The van der Waals surface area contributed by atoms with Gasteiger partial charge in [0.25, 0.3) is 0 Å². The van der Waals surface area contributed by atoms with Gasteiger partial charge < -0.3 is 0 Å². The number of benzene rings is 3. The lowest BCUT2D eigenvalue weighted by atomic mass is 10.1. The third-order valence-corrected chi connectivity index (χ3v) is 8.34. The lowest BCUT2D eigenvalue weighted by Gasteiger charge is -2.07. The standard InChI is InChI=1S/C26H19FN2O2S2/c27-21-10-6-19(7-11-21)24-16-23-26(32-24)25(29-17-28-23)20-8-12-22(13-9-20)33(30,31)15-14-18-4-2-1-3-5-18/h1-13,16-17H,14-15H2. The molecular weight excluding hydrogens is 455 g/mol. The lowest BCUT2D eigenvalue weighted by Crippen LogP contribution is -2.09. The smallest absolute Gasteiger partial charge is 0.178 e. The quantitative estimate of drug-likeness (QED) is 0.295. The molecule has 5 rings (SSSR count). The molecule has 4 nitrogen and oxygen atoms in total. The second-order valence-corrected chi connectivity index (χ2v) is 10.8. The molecule has 5 aromatic rings. The highest BCUT2D eigenvalue weighted by Gasteiger charge is 2.16. The van der Waals surface area contributed by atoms with Crippen LogP contribution in [0.3, 0.4) is 0 Å². The van der Waals surface area contributed by atoms with E-state index in [1.54, 1.807) is 36.4 Å². The number of aromatic nitrogens is 2. The van der Waals surface area contributed by atoms with Gasteiger partial charge in [-0.2, -0.15) is 0 Å². The molecule has 0 radical (unpaired) electrons. The molecule has 0 aliphatic rings. The van der Waals surface area contributed by atoms with Crippen molar-refractivity contribution in [2.24, 2.45) is 0 Å². The van der Waals surface area contributed by atoms with Gasteiger partial charge in [-0.3, -0.25) is 0 Å². The molecular formula is C26H19FN2O2S2. The van der Waals surface area contributed by atoms with Gasteiger partial charge in [0.2, 0.25) is 0 Å². The first-order valence-corrected chi connectivity index (χ1v) is 12.8. The summed E-state index contributed by atoms with van der Waals surface area (Å²) in [6.45, 7) is 0. The fourth-order valence-corrected chi connectivity index (χ4v) is 6.07. The van der Waals surface area contributed by atoms with Gasteiger partial charge in [-0.1, -0.05) is 54.6 Å². The third-order valence-electron chi connectivity index (χ3n) is 5.43. The first-order valence-electron chi connectivity index (χ1n) is 10.4. The molecule has 0 saturated carbocycles. The summed E-state index contributed by atoms with van der Waals surface area (Å²) < 4.78 is 39.8. The Kier molecular flexibility index (Phi) is 5.74. The van der Waals surface area contributed by atoms with Crippen molar-refractivity contribution < 1.29 is 12.8 Å². The van der Waals surface area contributed by atoms with Crippen LogP contribution < -0.4 is 0 Å². The number of sulfone groups is 1. The molecule has 0 aliphatic heterocycles. The molecule has 0 saturated heterocycles. The predicted molar refractivity (Wildman–Crippen MR) is 130 cm³/mol. The SMILES string of the molecule is O=S(=O)(CCc1ccccc1)c1ccc(-c2ncnc3cc(-c4ccc(F)cc4)sc23)cc1. The summed E-state index contributed by atoms with van der Waals surface area (Å²) in [6, 6.07) is 24.7. The number of thiophene rings is 1. The molecule has 3 aromatic carbocycles. The van der Waals surface area contributed by atoms with Crippen LogP contribution in [0, 0.1) is 5.82 Å². The van der Waals surface area contributed by atoms with Crippen molar-refractivity contribution in [2.75, 3.05) is 5.75 Å². The summed E-state index contributed by atoms with van der Waals surface area (Å²) in [4.78, 5) is 10.1. The van der Waals surface area contributed by atoms with Crippen LogP contribution in [-0.4, -0.2) is 24.1 Å². The Bertz CT molecular complexity index is 1510. The van der Waals surface area contributed by atoms with Gasteiger partial charge in [-0.15, -0.1) is 11.3 Å². The van der Waals surface area contributed by atoms with E-state index in [4.69, 9.17) is 0 Å². The molecule has 2 aromatic heterocycles. The van der Waals surface area contributed by atoms with Crippen molar-refractivity contribution in [3.05, 3.63) is 103 Å². The molecule has 0 atom stereocenters. The van der Waals surface area contributed by atoms with Gasteiger partial charge >= 0.3 is 0 Å². The van der Waals surface area contributed by atoms with Crippen molar-refractivity contribution in [1.29, 1.82) is 0 Å². The molecule has 7 heteroatoms. The average molecular weight is 475 g/mol. The number of halogens is 1. The highest BCUT2D eigenvalue weighted by Crippen LogP contribution is 2.37. The lowest BCUT2D eigenvalue weighted by molar-refractivity contribution is 0.595. The van der Waals surface area contributed by atoms with E-state index in [0.29, 0.717) is 11.3 Å². The summed E-state index contributed by atoms with van der Waals surface area (Å²) in [5.74, 6) is -0.223. The number of rotatable bonds is 6. The van der Waals surface area contributed by atoms with Gasteiger partial charge in [0.1, 0.15) is 12.1 Å². The maximum absolute atomic E-state index is 13.3. The first-order chi connectivity index (χ1) is 16.0. The zero-order valence-electron chi connectivity index (χ0n) is 17.5. The van der Waals surface area contributed by atoms with Crippen molar-refractivity contribution in [1.82, 2.24) is 9.97 Å². The average Bonchev–Trinajstić information content (AvgIpc) is 3.28. The zero-order chi connectivity index (χ0) is 22.8. The Morgan fingerprint density at radius 2 is 1.52 bits per heavy atom. The van der Waals surface area contributed by atoms with E-state index in [-0.39, 0.29) is 11.6 Å². The van der Waals surface area contributed by atoms with Crippen LogP contribution in [0.25, 0.3) is 31.9 Å². The molecule has 0 N–H and O–H groups in total. The first kappa shape index (κ1) is 21.4. The molecule has 0 fully saturated rings. The van der Waals surface area contributed by atoms with E-state index in [9.17, 15) is 12.8 Å². The van der Waals surface area contributed by atoms with Gasteiger partial charge in [0, 0.05) is 10.4 Å². The summed E-state index contributed by atoms with van der Waals surface area (Å²) >= 11 is 1.53. The maximum atomic E-state index is 13.3. The molecule has 164 valence electrons. The van der Waals surface area contributed by atoms with Crippen LogP contribution in [0.5, 0.6) is 0 Å². The number of aryl methyl sites for hydroxylation is 1. The molecule has 0 amide bonds. The van der Waals surface area contributed by atoms with E-state index in [2.05, 4.69) is 9.97 Å². The third kappa shape index (κ3) is 4.55. The zero-order valence-corrected chi connectivity index (χ0v) is 19.1. The van der Waals surface area contributed by atoms with Crippen LogP contribution in [0.15, 0.2) is 96.2 Å². The molecule has 0 spiro atoms. The maximum Gasteiger partial charge on any atom is 0.178 e. The molecule has 33 heavy (non-hydrogen) atoms. The monoisotopic (exact) mass is 474 g/mol. The van der Waals surface area contributed by atoms with Crippen molar-refractivity contribution in [3.8, 4) is 21.7 Å². The summed E-state index contributed by atoms with van der Waals surface area (Å²) in [6.07, 6.45) is 1.97. The van der Waals surface area contributed by atoms with E-state index in [1.807, 2.05) is 36.4 Å². The highest BCUT2D eigenvalue weighted by atomic mass is 32.2. The molecule has 0 bridgehead atoms. The van der Waals surface area contributed by atoms with Crippen LogP contribution in [0.1, 0.15) is 5.56 Å². The normalized spacial score (nSPS) is 11.7. The Morgan fingerprint density at radius 3 is 2.24 bits per heavy atom. The van der Waals surface area contributed by atoms with Gasteiger partial charge in [0.15, 0.2) is 9.84 Å². The van der Waals surface area contributed by atoms with E-state index in [0.717, 1.165) is 37.5 Å². The predicted octanol–water partition coefficient (Wildman–Crippen LogP) is 6.18. The minimum atomic E-state index is -3.40. The Balaban J connectivity index is 1.43. The molecule has 2 heterocycles. The summed E-state index contributed by atoms with van der Waals surface area (Å²) in [5, 5.41) is 0. The topological polar surface area (TPSA) is 59.9 Å². The van der Waals surface area contributed by atoms with Crippen molar-refractivity contribution >= 4 is 31.4 Å². The van der Waals surface area contributed by atoms with E-state index >= 15 is 0 Å². The van der Waals surface area contributed by atoms with Crippen molar-refractivity contribution in [2.45, 2.75) is 11.3 Å². The minimum Gasteiger partial charge on any atom is -0.235 e. The van der Waals surface area contributed by atoms with Gasteiger partial charge in [-0.05, 0) is 47.9 Å². The fraction of sp³-hybridized carbons (Fsp3) is 0.0769. The second-order valence-electron chi connectivity index (χ2n) is 7.63. The number of fused-ring (bicyclic) bond motifs is 1. The summed E-state index contributed by atoms with van der Waals surface area (Å²) in [7, 11) is -3.40. The Hall–Kier alpha value is -3.42. The molecule has 0 unspecified atom stereocenters. The van der Waals surface area contributed by atoms with Crippen LogP contribution in [0.4, 0.5) is 4.39 Å². The van der Waals surface area contributed by atoms with Crippen LogP contribution in [-0.2, 0) is 16.3 Å². The second kappa shape index (κ2) is 8.84. The largest absolute Gasteiger partial charge is 0.235 e. The molecule has 0 aliphatic carbocycles. The number of hydrogen-bond acceptors (Lipinski definition) is 5. The minimum absolute atomic E-state index is 0.0556. The van der Waals surface area contributed by atoms with E-state index < -0.39 is 9.84 Å². The fourth-order valence-electron chi connectivity index (χ4n) is 3.65. The van der Waals surface area contributed by atoms with Crippen LogP contribution >= 0.6 is 11.3 Å². The summed E-state index contributed by atoms with van der Waals surface area (Å²) in [5.41, 5.74) is 4.26. The van der Waals surface area contributed by atoms with Gasteiger partial charge in [0.05, 0.1) is 26.6 Å². The van der Waals surface area contributed by atoms with Crippen molar-refractivity contribution in [3.63, 3.8) is 0 Å². The van der Waals surface area contributed by atoms with E-state index in [1.165, 1.54) is 29.8 Å².